The van der Waals surface area contributed by atoms with Gasteiger partial charge in [0.05, 0.1) is 25.8 Å². The van der Waals surface area contributed by atoms with E-state index in [0.29, 0.717) is 12.6 Å². The standard InChI is InChI=1S/C19H29N5OS/c1-3-20-19(21-13-16-6-7-23(2)15-16)22-14-17(18-5-4-12-26-18)24-8-10-25-11-9-24/h4-7,12,15,17H,3,8-11,13-14H2,1-2H3,(H2,20,21,22). The van der Waals surface area contributed by atoms with Gasteiger partial charge < -0.3 is 19.9 Å². The molecule has 3 rings (SSSR count). The van der Waals surface area contributed by atoms with E-state index in [9.17, 15) is 0 Å². The Labute approximate surface area is 159 Å². The van der Waals surface area contributed by atoms with Crippen LogP contribution in [-0.2, 0) is 18.3 Å². The fraction of sp³-hybridized carbons (Fsp3) is 0.526. The number of nitrogens with one attached hydrogen (secondary N) is 2. The molecule has 1 aliphatic heterocycles. The summed E-state index contributed by atoms with van der Waals surface area (Å²) in [6.45, 7) is 8.02. The van der Waals surface area contributed by atoms with Gasteiger partial charge in [0.2, 0.25) is 0 Å². The number of nitrogens with zero attached hydrogens (tertiary/aromatic N) is 3. The molecule has 26 heavy (non-hydrogen) atoms. The van der Waals surface area contributed by atoms with Crippen LogP contribution in [0.5, 0.6) is 0 Å². The van der Waals surface area contributed by atoms with Crippen molar-refractivity contribution >= 4 is 17.3 Å². The van der Waals surface area contributed by atoms with E-state index in [2.05, 4.69) is 63.0 Å². The smallest absolute Gasteiger partial charge is 0.191 e. The van der Waals surface area contributed by atoms with Crippen LogP contribution >= 0.6 is 11.3 Å². The summed E-state index contributed by atoms with van der Waals surface area (Å²) in [5.41, 5.74) is 1.22. The number of aromatic nitrogens is 1. The van der Waals surface area contributed by atoms with E-state index in [1.54, 1.807) is 0 Å². The Morgan fingerprint density at radius 3 is 2.81 bits per heavy atom. The molecule has 2 aromatic rings. The van der Waals surface area contributed by atoms with Crippen LogP contribution in [0.2, 0.25) is 0 Å². The first kappa shape index (κ1) is 18.9. The molecule has 7 heteroatoms. The Bertz CT molecular complexity index is 676. The summed E-state index contributed by atoms with van der Waals surface area (Å²) in [4.78, 5) is 8.63. The van der Waals surface area contributed by atoms with Gasteiger partial charge in [-0.2, -0.15) is 0 Å². The van der Waals surface area contributed by atoms with Gasteiger partial charge in [-0.25, -0.2) is 4.99 Å². The van der Waals surface area contributed by atoms with Crippen LogP contribution in [0.15, 0.2) is 41.0 Å². The number of ether oxygens (including phenoxy) is 1. The summed E-state index contributed by atoms with van der Waals surface area (Å²) >= 11 is 1.82. The first-order valence-corrected chi connectivity index (χ1v) is 10.1. The molecule has 1 unspecified atom stereocenters. The van der Waals surface area contributed by atoms with Crippen molar-refractivity contribution in [2.24, 2.45) is 12.0 Å². The lowest BCUT2D eigenvalue weighted by atomic mass is 10.2. The van der Waals surface area contributed by atoms with E-state index in [4.69, 9.17) is 9.73 Å². The highest BCUT2D eigenvalue weighted by molar-refractivity contribution is 7.10. The van der Waals surface area contributed by atoms with Crippen LogP contribution in [0.3, 0.4) is 0 Å². The van der Waals surface area contributed by atoms with Gasteiger partial charge in [0.1, 0.15) is 0 Å². The predicted molar refractivity (Wildman–Crippen MR) is 108 cm³/mol. The molecule has 1 aliphatic rings. The second-order valence-electron chi connectivity index (χ2n) is 6.44. The second-order valence-corrected chi connectivity index (χ2v) is 7.42. The lowest BCUT2D eigenvalue weighted by molar-refractivity contribution is 0.0177. The third-order valence-electron chi connectivity index (χ3n) is 4.48. The fourth-order valence-electron chi connectivity index (χ4n) is 3.14. The van der Waals surface area contributed by atoms with Crippen molar-refractivity contribution < 1.29 is 4.74 Å². The van der Waals surface area contributed by atoms with Crippen molar-refractivity contribution in [1.29, 1.82) is 0 Å². The van der Waals surface area contributed by atoms with Gasteiger partial charge in [0.15, 0.2) is 5.96 Å². The quantitative estimate of drug-likeness (QED) is 0.576. The molecule has 1 fully saturated rings. The zero-order valence-electron chi connectivity index (χ0n) is 15.6. The number of hydrogen-bond acceptors (Lipinski definition) is 4. The van der Waals surface area contributed by atoms with Crippen molar-refractivity contribution in [3.63, 3.8) is 0 Å². The Morgan fingerprint density at radius 2 is 2.15 bits per heavy atom. The van der Waals surface area contributed by atoms with E-state index in [1.807, 2.05) is 18.4 Å². The van der Waals surface area contributed by atoms with Crippen molar-refractivity contribution in [3.05, 3.63) is 46.4 Å². The average molecular weight is 376 g/mol. The van der Waals surface area contributed by atoms with Crippen LogP contribution in [0.25, 0.3) is 0 Å². The van der Waals surface area contributed by atoms with E-state index >= 15 is 0 Å². The average Bonchev–Trinajstić information content (AvgIpc) is 3.33. The molecule has 0 aliphatic carbocycles. The Kier molecular flexibility index (Phi) is 7.11. The molecule has 0 saturated carbocycles. The minimum atomic E-state index is 0.347. The Hall–Kier alpha value is -1.83. The van der Waals surface area contributed by atoms with Crippen molar-refractivity contribution in [2.75, 3.05) is 39.4 Å². The molecule has 0 bridgehead atoms. The molecule has 0 radical (unpaired) electrons. The van der Waals surface area contributed by atoms with Gasteiger partial charge in [0, 0.05) is 50.5 Å². The maximum absolute atomic E-state index is 5.52. The van der Waals surface area contributed by atoms with Gasteiger partial charge in [-0.15, -0.1) is 11.3 Å². The highest BCUT2D eigenvalue weighted by Gasteiger charge is 2.23. The number of rotatable bonds is 7. The highest BCUT2D eigenvalue weighted by atomic mass is 32.1. The second kappa shape index (κ2) is 9.75. The molecular weight excluding hydrogens is 346 g/mol. The van der Waals surface area contributed by atoms with E-state index in [0.717, 1.165) is 45.4 Å². The summed E-state index contributed by atoms with van der Waals surface area (Å²) in [7, 11) is 2.03. The largest absolute Gasteiger partial charge is 0.379 e. The summed E-state index contributed by atoms with van der Waals surface area (Å²) in [6.07, 6.45) is 4.16. The molecule has 1 saturated heterocycles. The third kappa shape index (κ3) is 5.33. The van der Waals surface area contributed by atoms with Crippen molar-refractivity contribution in [3.8, 4) is 0 Å². The maximum Gasteiger partial charge on any atom is 0.191 e. The van der Waals surface area contributed by atoms with Gasteiger partial charge in [-0.1, -0.05) is 6.07 Å². The zero-order valence-corrected chi connectivity index (χ0v) is 16.5. The maximum atomic E-state index is 5.52. The SMILES string of the molecule is CCNC(=NCc1ccn(C)c1)NCC(c1cccs1)N1CCOCC1. The molecule has 1 atom stereocenters. The van der Waals surface area contributed by atoms with Crippen LogP contribution < -0.4 is 10.6 Å². The number of morpholine rings is 1. The minimum Gasteiger partial charge on any atom is -0.379 e. The van der Waals surface area contributed by atoms with E-state index in [1.165, 1.54) is 10.4 Å². The van der Waals surface area contributed by atoms with Gasteiger partial charge in [0.25, 0.3) is 0 Å². The molecular formula is C19H29N5OS. The molecule has 2 aromatic heterocycles. The highest BCUT2D eigenvalue weighted by Crippen LogP contribution is 2.25. The molecule has 3 heterocycles. The molecule has 6 nitrogen and oxygen atoms in total. The normalized spacial score (nSPS) is 17.2. The molecule has 2 N–H and O–H groups in total. The summed E-state index contributed by atoms with van der Waals surface area (Å²) in [5.74, 6) is 0.867. The topological polar surface area (TPSA) is 53.8 Å². The number of thiophene rings is 1. The van der Waals surface area contributed by atoms with Gasteiger partial charge >= 0.3 is 0 Å². The molecule has 142 valence electrons. The van der Waals surface area contributed by atoms with Gasteiger partial charge in [-0.3, -0.25) is 4.90 Å². The van der Waals surface area contributed by atoms with Crippen molar-refractivity contribution in [2.45, 2.75) is 19.5 Å². The Morgan fingerprint density at radius 1 is 1.31 bits per heavy atom. The van der Waals surface area contributed by atoms with Gasteiger partial charge in [-0.05, 0) is 30.0 Å². The van der Waals surface area contributed by atoms with Crippen LogP contribution in [0.4, 0.5) is 0 Å². The predicted octanol–water partition coefficient (Wildman–Crippen LogP) is 2.22. The summed E-state index contributed by atoms with van der Waals surface area (Å²) < 4.78 is 7.58. The van der Waals surface area contributed by atoms with E-state index < -0.39 is 0 Å². The number of aliphatic imine (C=N–C) groups is 1. The Balaban J connectivity index is 1.64. The number of hydrogen-bond donors (Lipinski definition) is 2. The van der Waals surface area contributed by atoms with Crippen LogP contribution in [-0.4, -0.2) is 54.8 Å². The molecule has 0 aromatic carbocycles. The first-order valence-electron chi connectivity index (χ1n) is 9.24. The lowest BCUT2D eigenvalue weighted by Gasteiger charge is -2.34. The van der Waals surface area contributed by atoms with Crippen LogP contribution in [0.1, 0.15) is 23.4 Å². The van der Waals surface area contributed by atoms with E-state index in [-0.39, 0.29) is 0 Å². The minimum absolute atomic E-state index is 0.347. The molecule has 0 amide bonds. The zero-order chi connectivity index (χ0) is 18.2. The molecule has 0 spiro atoms. The fourth-order valence-corrected chi connectivity index (χ4v) is 4.00. The summed E-state index contributed by atoms with van der Waals surface area (Å²) in [5, 5.41) is 9.05. The monoisotopic (exact) mass is 375 g/mol. The first-order chi connectivity index (χ1) is 12.8. The number of aryl methyl sites for hydroxylation is 1. The van der Waals surface area contributed by atoms with Crippen LogP contribution in [0, 0.1) is 0 Å². The lowest BCUT2D eigenvalue weighted by Crippen LogP contribution is -2.46. The summed E-state index contributed by atoms with van der Waals surface area (Å²) in [6, 6.07) is 6.80. The number of guanidine groups is 1. The van der Waals surface area contributed by atoms with Crippen molar-refractivity contribution in [1.82, 2.24) is 20.1 Å². The third-order valence-corrected chi connectivity index (χ3v) is 5.45.